The van der Waals surface area contributed by atoms with E-state index in [1.54, 1.807) is 11.3 Å². The molecular weight excluding hydrogens is 262 g/mol. The number of hydrogen-bond donors (Lipinski definition) is 1. The summed E-state index contributed by atoms with van der Waals surface area (Å²) < 4.78 is 0. The van der Waals surface area contributed by atoms with E-state index >= 15 is 0 Å². The van der Waals surface area contributed by atoms with Crippen LogP contribution < -0.4 is 5.73 Å². The molecule has 2 aromatic carbocycles. The molecule has 0 bridgehead atoms. The zero-order chi connectivity index (χ0) is 13.9. The normalized spacial score (nSPS) is 12.3. The molecule has 100 valence electrons. The maximum Gasteiger partial charge on any atom is 0.0562 e. The van der Waals surface area contributed by atoms with Crippen LogP contribution in [0.15, 0.2) is 65.4 Å². The molecule has 20 heavy (non-hydrogen) atoms. The van der Waals surface area contributed by atoms with Crippen LogP contribution in [-0.2, 0) is 0 Å². The van der Waals surface area contributed by atoms with Crippen molar-refractivity contribution in [2.75, 3.05) is 0 Å². The van der Waals surface area contributed by atoms with E-state index in [0.717, 1.165) is 5.56 Å². The summed E-state index contributed by atoms with van der Waals surface area (Å²) in [5, 5.41) is 4.29. The Balaban J connectivity index is 1.89. The van der Waals surface area contributed by atoms with Gasteiger partial charge in [0, 0.05) is 0 Å². The van der Waals surface area contributed by atoms with Crippen LogP contribution in [0.2, 0.25) is 0 Å². The summed E-state index contributed by atoms with van der Waals surface area (Å²) in [6.07, 6.45) is 0. The van der Waals surface area contributed by atoms with Gasteiger partial charge < -0.3 is 5.73 Å². The van der Waals surface area contributed by atoms with E-state index in [1.165, 1.54) is 22.3 Å². The Labute approximate surface area is 123 Å². The monoisotopic (exact) mass is 279 g/mol. The number of hydrogen-bond acceptors (Lipinski definition) is 2. The molecule has 1 atom stereocenters. The van der Waals surface area contributed by atoms with Crippen LogP contribution in [-0.4, -0.2) is 0 Å². The van der Waals surface area contributed by atoms with Crippen molar-refractivity contribution in [2.45, 2.75) is 13.0 Å². The van der Waals surface area contributed by atoms with Gasteiger partial charge in [-0.3, -0.25) is 0 Å². The molecule has 2 N–H and O–H groups in total. The van der Waals surface area contributed by atoms with Crippen LogP contribution in [0.25, 0.3) is 11.1 Å². The Kier molecular flexibility index (Phi) is 3.68. The van der Waals surface area contributed by atoms with Gasteiger partial charge in [0.15, 0.2) is 0 Å². The van der Waals surface area contributed by atoms with Gasteiger partial charge in [-0.25, -0.2) is 0 Å². The molecule has 1 nitrogen and oxygen atoms in total. The molecule has 1 unspecified atom stereocenters. The second-order valence-electron chi connectivity index (χ2n) is 4.98. The predicted octanol–water partition coefficient (Wildman–Crippen LogP) is 4.77. The van der Waals surface area contributed by atoms with E-state index in [0.29, 0.717) is 0 Å². The number of nitrogens with two attached hydrogens (primary N) is 1. The van der Waals surface area contributed by atoms with Gasteiger partial charge in [-0.15, -0.1) is 0 Å². The highest BCUT2D eigenvalue weighted by atomic mass is 32.1. The fraction of sp³-hybridized carbons (Fsp3) is 0.111. The molecule has 3 rings (SSSR count). The number of rotatable bonds is 3. The third kappa shape index (κ3) is 2.53. The standard InChI is InChI=1S/C18H17NS/c1-13-11-20-12-17(13)18(19)16-9-7-15(8-10-16)14-5-3-2-4-6-14/h2-12,18H,19H2,1H3. The minimum Gasteiger partial charge on any atom is -0.320 e. The first-order valence-corrected chi connectivity index (χ1v) is 7.63. The molecule has 0 radical (unpaired) electrons. The molecule has 0 spiro atoms. The Bertz CT molecular complexity index is 683. The highest BCUT2D eigenvalue weighted by Gasteiger charge is 2.12. The van der Waals surface area contributed by atoms with Crippen molar-refractivity contribution in [2.24, 2.45) is 5.73 Å². The molecule has 0 saturated carbocycles. The molecule has 1 heterocycles. The zero-order valence-electron chi connectivity index (χ0n) is 11.4. The van der Waals surface area contributed by atoms with Gasteiger partial charge >= 0.3 is 0 Å². The van der Waals surface area contributed by atoms with Crippen LogP contribution in [0, 0.1) is 6.92 Å². The molecule has 0 fully saturated rings. The lowest BCUT2D eigenvalue weighted by Crippen LogP contribution is -2.11. The summed E-state index contributed by atoms with van der Waals surface area (Å²) in [6.45, 7) is 2.12. The summed E-state index contributed by atoms with van der Waals surface area (Å²) in [5.41, 5.74) is 12.5. The van der Waals surface area contributed by atoms with Gasteiger partial charge in [-0.05, 0) is 45.5 Å². The predicted molar refractivity (Wildman–Crippen MR) is 87.0 cm³/mol. The summed E-state index contributed by atoms with van der Waals surface area (Å²) in [4.78, 5) is 0. The molecule has 1 aromatic heterocycles. The topological polar surface area (TPSA) is 26.0 Å². The van der Waals surface area contributed by atoms with E-state index in [9.17, 15) is 0 Å². The van der Waals surface area contributed by atoms with E-state index in [1.807, 2.05) is 6.07 Å². The van der Waals surface area contributed by atoms with Crippen molar-refractivity contribution < 1.29 is 0 Å². The lowest BCUT2D eigenvalue weighted by atomic mass is 9.97. The zero-order valence-corrected chi connectivity index (χ0v) is 12.2. The Hall–Kier alpha value is -1.90. The van der Waals surface area contributed by atoms with Crippen LogP contribution in [0.5, 0.6) is 0 Å². The maximum atomic E-state index is 6.36. The fourth-order valence-electron chi connectivity index (χ4n) is 2.38. The first-order chi connectivity index (χ1) is 9.75. The van der Waals surface area contributed by atoms with Gasteiger partial charge in [0.1, 0.15) is 0 Å². The van der Waals surface area contributed by atoms with Gasteiger partial charge in [0.05, 0.1) is 6.04 Å². The summed E-state index contributed by atoms with van der Waals surface area (Å²) in [7, 11) is 0. The second-order valence-corrected chi connectivity index (χ2v) is 5.72. The lowest BCUT2D eigenvalue weighted by molar-refractivity contribution is 0.868. The maximum absolute atomic E-state index is 6.36. The minimum absolute atomic E-state index is 0.0360. The molecule has 2 heteroatoms. The van der Waals surface area contributed by atoms with Crippen LogP contribution in [0.3, 0.4) is 0 Å². The molecule has 0 aliphatic heterocycles. The van der Waals surface area contributed by atoms with Crippen molar-refractivity contribution in [1.82, 2.24) is 0 Å². The lowest BCUT2D eigenvalue weighted by Gasteiger charge is -2.13. The fourth-order valence-corrected chi connectivity index (χ4v) is 3.27. The van der Waals surface area contributed by atoms with Gasteiger partial charge in [0.2, 0.25) is 0 Å². The van der Waals surface area contributed by atoms with E-state index in [-0.39, 0.29) is 6.04 Å². The first kappa shape index (κ1) is 13.1. The average molecular weight is 279 g/mol. The van der Waals surface area contributed by atoms with Gasteiger partial charge in [-0.1, -0.05) is 54.6 Å². The van der Waals surface area contributed by atoms with E-state index < -0.39 is 0 Å². The smallest absolute Gasteiger partial charge is 0.0562 e. The number of benzene rings is 2. The number of thiophene rings is 1. The number of aryl methyl sites for hydroxylation is 1. The average Bonchev–Trinajstić information content (AvgIpc) is 2.94. The van der Waals surface area contributed by atoms with Crippen molar-refractivity contribution in [3.63, 3.8) is 0 Å². The quantitative estimate of drug-likeness (QED) is 0.734. The van der Waals surface area contributed by atoms with Crippen LogP contribution in [0.4, 0.5) is 0 Å². The summed E-state index contributed by atoms with van der Waals surface area (Å²) in [5.74, 6) is 0. The van der Waals surface area contributed by atoms with Crippen LogP contribution >= 0.6 is 11.3 Å². The SMILES string of the molecule is Cc1cscc1C(N)c1ccc(-c2ccccc2)cc1. The Morgan fingerprint density at radius 3 is 2.10 bits per heavy atom. The molecular formula is C18H17NS. The van der Waals surface area contributed by atoms with Gasteiger partial charge in [0.25, 0.3) is 0 Å². The second kappa shape index (κ2) is 5.61. The van der Waals surface area contributed by atoms with E-state index in [4.69, 9.17) is 5.73 Å². The van der Waals surface area contributed by atoms with Crippen LogP contribution in [0.1, 0.15) is 22.7 Å². The summed E-state index contributed by atoms with van der Waals surface area (Å²) in [6, 6.07) is 18.9. The molecule has 0 aliphatic rings. The van der Waals surface area contributed by atoms with E-state index in [2.05, 4.69) is 66.2 Å². The third-order valence-corrected chi connectivity index (χ3v) is 4.49. The Morgan fingerprint density at radius 2 is 1.50 bits per heavy atom. The highest BCUT2D eigenvalue weighted by Crippen LogP contribution is 2.27. The van der Waals surface area contributed by atoms with Gasteiger partial charge in [-0.2, -0.15) is 11.3 Å². The Morgan fingerprint density at radius 1 is 0.850 bits per heavy atom. The minimum atomic E-state index is -0.0360. The molecule has 3 aromatic rings. The third-order valence-electron chi connectivity index (χ3n) is 3.61. The highest BCUT2D eigenvalue weighted by molar-refractivity contribution is 7.08. The van der Waals surface area contributed by atoms with Crippen molar-refractivity contribution in [3.8, 4) is 11.1 Å². The van der Waals surface area contributed by atoms with Crippen molar-refractivity contribution in [1.29, 1.82) is 0 Å². The van der Waals surface area contributed by atoms with Crippen molar-refractivity contribution in [3.05, 3.63) is 82.0 Å². The molecule has 0 aliphatic carbocycles. The molecule has 0 saturated heterocycles. The molecule has 0 amide bonds. The first-order valence-electron chi connectivity index (χ1n) is 6.69. The summed E-state index contributed by atoms with van der Waals surface area (Å²) >= 11 is 1.71. The van der Waals surface area contributed by atoms with Crippen molar-refractivity contribution >= 4 is 11.3 Å². The largest absolute Gasteiger partial charge is 0.320 e.